The zero-order chi connectivity index (χ0) is 28.8. The Balaban J connectivity index is 1.14. The van der Waals surface area contributed by atoms with E-state index in [4.69, 9.17) is 0 Å². The van der Waals surface area contributed by atoms with Gasteiger partial charge in [0, 0.05) is 62.9 Å². The molecule has 2 aliphatic rings. The average molecular weight is 567 g/mol. The molecule has 3 heterocycles. The number of fused-ring (bicyclic) bond motifs is 1. The van der Waals surface area contributed by atoms with Gasteiger partial charge in [-0.05, 0) is 62.0 Å². The lowest BCUT2D eigenvalue weighted by molar-refractivity contribution is -0.286. The van der Waals surface area contributed by atoms with E-state index in [-0.39, 0.29) is 23.1 Å². The number of piperazine rings is 1. The highest BCUT2D eigenvalue weighted by Crippen LogP contribution is 2.42. The Morgan fingerprint density at radius 2 is 1.76 bits per heavy atom. The predicted octanol–water partition coefficient (Wildman–Crippen LogP) is 3.63. The van der Waals surface area contributed by atoms with Crippen molar-refractivity contribution in [2.75, 3.05) is 56.9 Å². The number of rotatable bonds is 10. The Morgan fingerprint density at radius 1 is 0.976 bits per heavy atom. The van der Waals surface area contributed by atoms with Crippen LogP contribution in [0.3, 0.4) is 0 Å². The molecule has 10 nitrogen and oxygen atoms in total. The molecule has 0 saturated carbocycles. The number of carbonyl (C=O) groups is 2. The number of halogens is 2. The quantitative estimate of drug-likeness (QED) is 0.320. The fraction of sp³-hybridized carbons (Fsp3) is 0.345. The van der Waals surface area contributed by atoms with Crippen LogP contribution in [-0.2, 0) is 6.54 Å². The van der Waals surface area contributed by atoms with Gasteiger partial charge < -0.3 is 35.2 Å². The van der Waals surface area contributed by atoms with Crippen LogP contribution in [0.15, 0.2) is 60.8 Å². The van der Waals surface area contributed by atoms with Crippen LogP contribution in [0, 0.1) is 0 Å². The molecule has 3 aromatic rings. The van der Waals surface area contributed by atoms with Gasteiger partial charge in [-0.2, -0.15) is 0 Å². The van der Waals surface area contributed by atoms with Gasteiger partial charge in [0.25, 0.3) is 11.8 Å². The number of carbonyl (C=O) groups excluding carboxylic acids is 2. The first-order valence-electron chi connectivity index (χ1n) is 13.4. The van der Waals surface area contributed by atoms with Crippen molar-refractivity contribution in [2.45, 2.75) is 19.3 Å². The summed E-state index contributed by atoms with van der Waals surface area (Å²) in [7, 11) is 2.13. The molecule has 216 valence electrons. The summed E-state index contributed by atoms with van der Waals surface area (Å²) in [5.74, 6) is -0.936. The van der Waals surface area contributed by atoms with Crippen LogP contribution in [-0.4, -0.2) is 79.2 Å². The Kier molecular flexibility index (Phi) is 8.60. The van der Waals surface area contributed by atoms with Crippen LogP contribution in [0.25, 0.3) is 0 Å². The van der Waals surface area contributed by atoms with E-state index in [0.717, 1.165) is 44.7 Å². The van der Waals surface area contributed by atoms with E-state index in [1.165, 1.54) is 18.2 Å². The molecule has 1 saturated heterocycles. The molecule has 2 aliphatic heterocycles. The van der Waals surface area contributed by atoms with Crippen molar-refractivity contribution in [3.63, 3.8) is 0 Å². The summed E-state index contributed by atoms with van der Waals surface area (Å²) in [6.07, 6.45) is -1.29. The van der Waals surface area contributed by atoms with Gasteiger partial charge in [0.1, 0.15) is 5.69 Å². The second kappa shape index (κ2) is 12.5. The van der Waals surface area contributed by atoms with Crippen molar-refractivity contribution in [1.82, 2.24) is 20.1 Å². The van der Waals surface area contributed by atoms with Crippen LogP contribution in [0.1, 0.15) is 32.8 Å². The molecule has 3 N–H and O–H groups in total. The molecule has 12 heteroatoms. The summed E-state index contributed by atoms with van der Waals surface area (Å²) < 4.78 is 35.5. The molecule has 0 bridgehead atoms. The van der Waals surface area contributed by atoms with Gasteiger partial charge in [-0.3, -0.25) is 14.6 Å². The van der Waals surface area contributed by atoms with E-state index in [9.17, 15) is 18.4 Å². The van der Waals surface area contributed by atoms with Gasteiger partial charge in [0.15, 0.2) is 11.5 Å². The fourth-order valence-electron chi connectivity index (χ4n) is 4.63. The van der Waals surface area contributed by atoms with Crippen LogP contribution in [0.5, 0.6) is 11.5 Å². The summed E-state index contributed by atoms with van der Waals surface area (Å²) in [5, 5.41) is 8.88. The second-order valence-electron chi connectivity index (χ2n) is 9.99. The summed E-state index contributed by atoms with van der Waals surface area (Å²) in [6.45, 7) is 6.09. The van der Waals surface area contributed by atoms with E-state index < -0.39 is 12.2 Å². The number of benzene rings is 2. The van der Waals surface area contributed by atoms with E-state index >= 15 is 0 Å². The molecule has 0 spiro atoms. The molecular weight excluding hydrogens is 534 g/mol. The summed E-state index contributed by atoms with van der Waals surface area (Å²) in [5.41, 5.74) is 2.32. The number of ether oxygens (including phenoxy) is 2. The van der Waals surface area contributed by atoms with Gasteiger partial charge in [-0.25, -0.2) is 0 Å². The van der Waals surface area contributed by atoms with Gasteiger partial charge in [0.05, 0.1) is 5.56 Å². The van der Waals surface area contributed by atoms with Crippen molar-refractivity contribution in [3.05, 3.63) is 77.6 Å². The molecule has 2 amide bonds. The monoisotopic (exact) mass is 566 g/mol. The number of nitrogens with one attached hydrogen (secondary N) is 3. The van der Waals surface area contributed by atoms with Crippen molar-refractivity contribution in [3.8, 4) is 11.5 Å². The highest BCUT2D eigenvalue weighted by molar-refractivity contribution is 6.08. The number of para-hydroxylation sites is 1. The SMILES string of the molecule is CN1CCN(CCCNC(=O)c2cc(CNc3ccccc3C(=O)Nc3ccc4c(c3)OC(F)(F)O4)ccn2)CC1. The van der Waals surface area contributed by atoms with Crippen molar-refractivity contribution < 1.29 is 27.8 Å². The van der Waals surface area contributed by atoms with E-state index in [0.29, 0.717) is 30.0 Å². The van der Waals surface area contributed by atoms with Crippen LogP contribution in [0.4, 0.5) is 20.2 Å². The molecule has 41 heavy (non-hydrogen) atoms. The summed E-state index contributed by atoms with van der Waals surface area (Å²) >= 11 is 0. The van der Waals surface area contributed by atoms with Gasteiger partial charge >= 0.3 is 6.29 Å². The summed E-state index contributed by atoms with van der Waals surface area (Å²) in [6, 6.07) is 14.5. The molecule has 0 atom stereocenters. The number of hydrogen-bond acceptors (Lipinski definition) is 8. The number of nitrogens with zero attached hydrogens (tertiary/aromatic N) is 3. The maximum atomic E-state index is 13.3. The van der Waals surface area contributed by atoms with E-state index in [2.05, 4.69) is 47.3 Å². The molecule has 2 aromatic carbocycles. The van der Waals surface area contributed by atoms with E-state index in [1.54, 1.807) is 42.6 Å². The highest BCUT2D eigenvalue weighted by Gasteiger charge is 2.43. The van der Waals surface area contributed by atoms with E-state index in [1.807, 2.05) is 0 Å². The average Bonchev–Trinajstić information content (AvgIpc) is 3.28. The maximum absolute atomic E-state index is 13.3. The third kappa shape index (κ3) is 7.47. The van der Waals surface area contributed by atoms with Crippen LogP contribution >= 0.6 is 0 Å². The molecule has 0 unspecified atom stereocenters. The first-order chi connectivity index (χ1) is 19.8. The number of hydrogen-bond donors (Lipinski definition) is 3. The van der Waals surface area contributed by atoms with Crippen molar-refractivity contribution in [1.29, 1.82) is 0 Å². The Morgan fingerprint density at radius 3 is 2.59 bits per heavy atom. The lowest BCUT2D eigenvalue weighted by Crippen LogP contribution is -2.45. The highest BCUT2D eigenvalue weighted by atomic mass is 19.3. The Labute approximate surface area is 236 Å². The third-order valence-electron chi connectivity index (χ3n) is 6.90. The van der Waals surface area contributed by atoms with Gasteiger partial charge in [-0.15, -0.1) is 8.78 Å². The lowest BCUT2D eigenvalue weighted by atomic mass is 10.1. The second-order valence-corrected chi connectivity index (χ2v) is 9.99. The molecule has 0 aliphatic carbocycles. The maximum Gasteiger partial charge on any atom is 0.586 e. The molecule has 1 fully saturated rings. The molecular formula is C29H32F2N6O4. The predicted molar refractivity (Wildman–Crippen MR) is 149 cm³/mol. The van der Waals surface area contributed by atoms with Crippen molar-refractivity contribution >= 4 is 23.2 Å². The number of anilines is 2. The normalized spacial score (nSPS) is 16.3. The smallest absolute Gasteiger partial charge is 0.395 e. The molecule has 1 aromatic heterocycles. The standard InChI is InChI=1S/C29H32F2N6O4/c1-36-13-15-37(16-14-36)12-4-10-33-28(39)24-17-20(9-11-32-24)19-34-23-6-3-2-5-22(23)27(38)35-21-7-8-25-26(18-21)41-29(30,31)40-25/h2-3,5-9,11,17-18,34H,4,10,12-16,19H2,1H3,(H,33,39)(H,35,38). The van der Waals surface area contributed by atoms with Gasteiger partial charge in [-0.1, -0.05) is 12.1 Å². The topological polar surface area (TPSA) is 108 Å². The van der Waals surface area contributed by atoms with Crippen LogP contribution < -0.4 is 25.4 Å². The summed E-state index contributed by atoms with van der Waals surface area (Å²) in [4.78, 5) is 34.6. The molecule has 5 rings (SSSR count). The minimum absolute atomic E-state index is 0.105. The van der Waals surface area contributed by atoms with Crippen molar-refractivity contribution in [2.24, 2.45) is 0 Å². The van der Waals surface area contributed by atoms with Gasteiger partial charge in [0.2, 0.25) is 0 Å². The zero-order valence-corrected chi connectivity index (χ0v) is 22.7. The number of pyridine rings is 1. The fourth-order valence-corrected chi connectivity index (χ4v) is 4.63. The lowest BCUT2D eigenvalue weighted by Gasteiger charge is -2.32. The minimum atomic E-state index is -3.74. The minimum Gasteiger partial charge on any atom is -0.395 e. The largest absolute Gasteiger partial charge is 0.586 e. The number of likely N-dealkylation sites (N-methyl/N-ethyl adjacent to an activating group) is 1. The zero-order valence-electron chi connectivity index (χ0n) is 22.7. The molecule has 0 radical (unpaired) electrons. The first-order valence-corrected chi connectivity index (χ1v) is 13.4. The Bertz CT molecular complexity index is 1400. The number of alkyl halides is 2. The number of aromatic nitrogens is 1. The Hall–Kier alpha value is -4.29. The number of amides is 2. The first kappa shape index (κ1) is 28.2. The van der Waals surface area contributed by atoms with Crippen LogP contribution in [0.2, 0.25) is 0 Å². The third-order valence-corrected chi connectivity index (χ3v) is 6.90.